The Balaban J connectivity index is 2.80. The van der Waals surface area contributed by atoms with Crippen LogP contribution in [0.25, 0.3) is 0 Å². The van der Waals surface area contributed by atoms with Gasteiger partial charge in [-0.25, -0.2) is 4.79 Å². The topological polar surface area (TPSA) is 46.6 Å². The summed E-state index contributed by atoms with van der Waals surface area (Å²) >= 11 is 0. The molecule has 0 aromatic carbocycles. The highest BCUT2D eigenvalue weighted by Crippen LogP contribution is 2.24. The fourth-order valence-corrected chi connectivity index (χ4v) is 2.26. The van der Waals surface area contributed by atoms with Crippen molar-refractivity contribution in [2.24, 2.45) is 11.8 Å². The molecule has 1 heterocycles. The van der Waals surface area contributed by atoms with Crippen LogP contribution in [-0.2, 0) is 14.3 Å². The summed E-state index contributed by atoms with van der Waals surface area (Å²) in [5.41, 5.74) is 0. The second kappa shape index (κ2) is 5.84. The van der Waals surface area contributed by atoms with Gasteiger partial charge in [0.1, 0.15) is 6.04 Å². The molecule has 0 saturated carbocycles. The second-order valence-corrected chi connectivity index (χ2v) is 4.72. The Hall–Kier alpha value is -1.32. The lowest BCUT2D eigenvalue weighted by Gasteiger charge is -2.27. The molecule has 96 valence electrons. The second-order valence-electron chi connectivity index (χ2n) is 4.72. The number of methoxy groups -OCH3 is 1. The average Bonchev–Trinajstić information content (AvgIpc) is 2.77. The van der Waals surface area contributed by atoms with Gasteiger partial charge in [0.15, 0.2) is 0 Å². The fraction of sp³-hybridized carbons (Fsp3) is 0.692. The highest BCUT2D eigenvalue weighted by molar-refractivity contribution is 5.87. The van der Waals surface area contributed by atoms with Gasteiger partial charge in [-0.05, 0) is 18.8 Å². The number of amides is 1. The monoisotopic (exact) mass is 239 g/mol. The summed E-state index contributed by atoms with van der Waals surface area (Å²) in [4.78, 5) is 25.5. The molecule has 1 amide bonds. The molecule has 1 rings (SSSR count). The number of esters is 1. The molecule has 0 N–H and O–H groups in total. The first kappa shape index (κ1) is 13.7. The van der Waals surface area contributed by atoms with Crippen LogP contribution in [0.5, 0.6) is 0 Å². The fourth-order valence-electron chi connectivity index (χ4n) is 2.26. The van der Waals surface area contributed by atoms with Crippen molar-refractivity contribution < 1.29 is 14.3 Å². The Morgan fingerprint density at radius 2 is 2.12 bits per heavy atom. The van der Waals surface area contributed by atoms with E-state index >= 15 is 0 Å². The van der Waals surface area contributed by atoms with Crippen LogP contribution in [-0.4, -0.2) is 36.5 Å². The Labute approximate surface area is 103 Å². The van der Waals surface area contributed by atoms with Crippen molar-refractivity contribution in [1.29, 1.82) is 0 Å². The van der Waals surface area contributed by atoms with E-state index < -0.39 is 6.04 Å². The standard InChI is InChI=1S/C13H21NO3/c1-5-10(9(2)3)12(15)14-8-6-7-11(14)13(16)17-4/h5,9-11H,1,6-8H2,2-4H3. The number of carbonyl (C=O) groups is 2. The predicted octanol–water partition coefficient (Wildman–Crippen LogP) is 1.61. The SMILES string of the molecule is C=CC(C(=O)N1CCCC1C(=O)OC)C(C)C. The molecule has 2 atom stereocenters. The van der Waals surface area contributed by atoms with E-state index in [-0.39, 0.29) is 23.7 Å². The lowest BCUT2D eigenvalue weighted by Crippen LogP contribution is -2.44. The molecule has 4 heteroatoms. The first-order valence-electron chi connectivity index (χ1n) is 6.03. The van der Waals surface area contributed by atoms with Crippen molar-refractivity contribution in [1.82, 2.24) is 4.90 Å². The molecule has 17 heavy (non-hydrogen) atoms. The summed E-state index contributed by atoms with van der Waals surface area (Å²) < 4.78 is 4.73. The van der Waals surface area contributed by atoms with Crippen LogP contribution < -0.4 is 0 Å². The van der Waals surface area contributed by atoms with E-state index in [0.29, 0.717) is 13.0 Å². The van der Waals surface area contributed by atoms with Gasteiger partial charge in [-0.15, -0.1) is 6.58 Å². The third kappa shape index (κ3) is 2.87. The van der Waals surface area contributed by atoms with Gasteiger partial charge in [-0.2, -0.15) is 0 Å². The molecule has 2 unspecified atom stereocenters. The maximum absolute atomic E-state index is 12.3. The highest BCUT2D eigenvalue weighted by atomic mass is 16.5. The number of ether oxygens (including phenoxy) is 1. The van der Waals surface area contributed by atoms with Gasteiger partial charge in [-0.3, -0.25) is 4.79 Å². The van der Waals surface area contributed by atoms with E-state index in [9.17, 15) is 9.59 Å². The van der Waals surface area contributed by atoms with Gasteiger partial charge < -0.3 is 9.64 Å². The molecule has 1 aliphatic rings. The Morgan fingerprint density at radius 1 is 1.47 bits per heavy atom. The largest absolute Gasteiger partial charge is 0.467 e. The van der Waals surface area contributed by atoms with Crippen molar-refractivity contribution in [3.05, 3.63) is 12.7 Å². The number of hydrogen-bond acceptors (Lipinski definition) is 3. The van der Waals surface area contributed by atoms with Gasteiger partial charge in [-0.1, -0.05) is 19.9 Å². The van der Waals surface area contributed by atoms with Gasteiger partial charge in [0, 0.05) is 6.54 Å². The van der Waals surface area contributed by atoms with Crippen LogP contribution in [0.15, 0.2) is 12.7 Å². The van der Waals surface area contributed by atoms with Gasteiger partial charge in [0.25, 0.3) is 0 Å². The number of likely N-dealkylation sites (tertiary alicyclic amines) is 1. The molecular weight excluding hydrogens is 218 g/mol. The zero-order valence-electron chi connectivity index (χ0n) is 10.8. The Bertz CT molecular complexity index is 312. The predicted molar refractivity (Wildman–Crippen MR) is 65.3 cm³/mol. The number of hydrogen-bond donors (Lipinski definition) is 0. The highest BCUT2D eigenvalue weighted by Gasteiger charge is 2.37. The zero-order valence-corrected chi connectivity index (χ0v) is 10.8. The van der Waals surface area contributed by atoms with Crippen LogP contribution in [0.1, 0.15) is 26.7 Å². The number of rotatable bonds is 4. The van der Waals surface area contributed by atoms with E-state index in [1.807, 2.05) is 13.8 Å². The third-order valence-electron chi connectivity index (χ3n) is 3.27. The molecule has 1 aliphatic heterocycles. The van der Waals surface area contributed by atoms with Crippen LogP contribution in [0, 0.1) is 11.8 Å². The molecule has 0 spiro atoms. The van der Waals surface area contributed by atoms with E-state index in [2.05, 4.69) is 6.58 Å². The third-order valence-corrected chi connectivity index (χ3v) is 3.27. The number of carbonyl (C=O) groups excluding carboxylic acids is 2. The summed E-state index contributed by atoms with van der Waals surface area (Å²) in [6.45, 7) is 8.29. The van der Waals surface area contributed by atoms with Crippen molar-refractivity contribution in [3.63, 3.8) is 0 Å². The number of nitrogens with zero attached hydrogens (tertiary/aromatic N) is 1. The van der Waals surface area contributed by atoms with Crippen LogP contribution in [0.2, 0.25) is 0 Å². The van der Waals surface area contributed by atoms with Gasteiger partial charge in [0.05, 0.1) is 13.0 Å². The summed E-state index contributed by atoms with van der Waals surface area (Å²) in [5, 5.41) is 0. The molecule has 1 saturated heterocycles. The maximum atomic E-state index is 12.3. The van der Waals surface area contributed by atoms with Crippen molar-refractivity contribution >= 4 is 11.9 Å². The normalized spacial score (nSPS) is 21.4. The molecule has 0 aromatic rings. The first-order valence-corrected chi connectivity index (χ1v) is 6.03. The van der Waals surface area contributed by atoms with Crippen LogP contribution in [0.3, 0.4) is 0 Å². The van der Waals surface area contributed by atoms with Gasteiger partial charge in [0.2, 0.25) is 5.91 Å². The van der Waals surface area contributed by atoms with E-state index in [1.165, 1.54) is 7.11 Å². The lowest BCUT2D eigenvalue weighted by atomic mass is 9.94. The van der Waals surface area contributed by atoms with E-state index in [4.69, 9.17) is 4.74 Å². The average molecular weight is 239 g/mol. The van der Waals surface area contributed by atoms with E-state index in [0.717, 1.165) is 6.42 Å². The summed E-state index contributed by atoms with van der Waals surface area (Å²) in [6.07, 6.45) is 3.22. The molecule has 1 fully saturated rings. The first-order chi connectivity index (χ1) is 8.02. The summed E-state index contributed by atoms with van der Waals surface area (Å²) in [5.74, 6) is -0.357. The Kier molecular flexibility index (Phi) is 4.73. The van der Waals surface area contributed by atoms with Crippen molar-refractivity contribution in [2.75, 3.05) is 13.7 Å². The molecular formula is C13H21NO3. The van der Waals surface area contributed by atoms with Crippen LogP contribution in [0.4, 0.5) is 0 Å². The molecule has 4 nitrogen and oxygen atoms in total. The zero-order chi connectivity index (χ0) is 13.0. The smallest absolute Gasteiger partial charge is 0.328 e. The maximum Gasteiger partial charge on any atom is 0.328 e. The molecule has 0 bridgehead atoms. The quantitative estimate of drug-likeness (QED) is 0.553. The van der Waals surface area contributed by atoms with Crippen LogP contribution >= 0.6 is 0 Å². The van der Waals surface area contributed by atoms with Crippen molar-refractivity contribution in [2.45, 2.75) is 32.7 Å². The van der Waals surface area contributed by atoms with Crippen molar-refractivity contribution in [3.8, 4) is 0 Å². The minimum atomic E-state index is -0.409. The minimum Gasteiger partial charge on any atom is -0.467 e. The Morgan fingerprint density at radius 3 is 2.59 bits per heavy atom. The molecule has 0 aromatic heterocycles. The minimum absolute atomic E-state index is 0.0112. The molecule has 0 radical (unpaired) electrons. The lowest BCUT2D eigenvalue weighted by molar-refractivity contribution is -0.152. The van der Waals surface area contributed by atoms with Gasteiger partial charge >= 0.3 is 5.97 Å². The summed E-state index contributed by atoms with van der Waals surface area (Å²) in [7, 11) is 1.36. The molecule has 0 aliphatic carbocycles. The van der Waals surface area contributed by atoms with E-state index in [1.54, 1.807) is 11.0 Å². The summed E-state index contributed by atoms with van der Waals surface area (Å²) in [6, 6.07) is -0.409.